The minimum absolute atomic E-state index is 0.0903. The molecule has 1 aromatic heterocycles. The maximum atomic E-state index is 13.1. The minimum atomic E-state index is -0.428. The van der Waals surface area contributed by atoms with Crippen LogP contribution in [0.4, 0.5) is 10.1 Å². The normalized spacial score (nSPS) is 19.2. The highest BCUT2D eigenvalue weighted by Gasteiger charge is 2.29. The lowest BCUT2D eigenvalue weighted by molar-refractivity contribution is -0.136. The number of likely N-dealkylation sites (tertiary alicyclic amines) is 2. The second-order valence-corrected chi connectivity index (χ2v) is 8.59. The van der Waals surface area contributed by atoms with Crippen LogP contribution in [0.25, 0.3) is 0 Å². The molecule has 1 unspecified atom stereocenters. The van der Waals surface area contributed by atoms with Gasteiger partial charge in [-0.15, -0.1) is 0 Å². The molecule has 2 saturated heterocycles. The smallest absolute Gasteiger partial charge is 0.257 e. The largest absolute Gasteiger partial charge is 0.337 e. The number of piperidine rings is 1. The third kappa shape index (κ3) is 5.43. The Kier molecular flexibility index (Phi) is 6.99. The molecule has 0 aliphatic carbocycles. The van der Waals surface area contributed by atoms with E-state index >= 15 is 0 Å². The van der Waals surface area contributed by atoms with Gasteiger partial charge in [0.1, 0.15) is 12.4 Å². The quantitative estimate of drug-likeness (QED) is 0.750. The molecule has 0 radical (unpaired) electrons. The number of carbonyl (C=O) groups excluding carboxylic acids is 2. The standard InChI is InChI=1S/C24H29FN4O3/c25-19-7-9-20(10-8-19)26-24(32)18-6-11-22(30)28(15-18)17-23(31)29-14-2-1-5-21(29)16-27-12-3-4-13-27/h6-11,15,21H,1-5,12-14,16-17H2,(H,26,32). The van der Waals surface area contributed by atoms with Crippen molar-refractivity contribution in [2.45, 2.75) is 44.7 Å². The molecule has 2 aromatic rings. The van der Waals surface area contributed by atoms with Crippen LogP contribution in [0.2, 0.25) is 0 Å². The van der Waals surface area contributed by atoms with Crippen molar-refractivity contribution in [3.05, 3.63) is 64.3 Å². The molecular formula is C24H29FN4O3. The van der Waals surface area contributed by atoms with Crippen molar-refractivity contribution in [2.75, 3.05) is 31.5 Å². The summed E-state index contributed by atoms with van der Waals surface area (Å²) in [5, 5.41) is 2.67. The van der Waals surface area contributed by atoms with E-state index in [1.165, 1.54) is 60.0 Å². The van der Waals surface area contributed by atoms with Crippen LogP contribution in [0.5, 0.6) is 0 Å². The summed E-state index contributed by atoms with van der Waals surface area (Å²) in [7, 11) is 0. The third-order valence-corrected chi connectivity index (χ3v) is 6.27. The van der Waals surface area contributed by atoms with Gasteiger partial charge >= 0.3 is 0 Å². The van der Waals surface area contributed by atoms with E-state index in [4.69, 9.17) is 0 Å². The molecule has 2 aliphatic heterocycles. The number of halogens is 1. The number of carbonyl (C=O) groups is 2. The highest BCUT2D eigenvalue weighted by Crippen LogP contribution is 2.20. The SMILES string of the molecule is O=C(Nc1ccc(F)cc1)c1ccc(=O)n(CC(=O)N2CCCCC2CN2CCCC2)c1. The lowest BCUT2D eigenvalue weighted by Gasteiger charge is -2.38. The van der Waals surface area contributed by atoms with Crippen LogP contribution in [-0.4, -0.2) is 58.4 Å². The summed E-state index contributed by atoms with van der Waals surface area (Å²) < 4.78 is 14.4. The maximum Gasteiger partial charge on any atom is 0.257 e. The van der Waals surface area contributed by atoms with Crippen LogP contribution >= 0.6 is 0 Å². The van der Waals surface area contributed by atoms with Gasteiger partial charge < -0.3 is 19.7 Å². The zero-order chi connectivity index (χ0) is 22.5. The van der Waals surface area contributed by atoms with E-state index < -0.39 is 11.7 Å². The molecule has 0 saturated carbocycles. The first-order valence-corrected chi connectivity index (χ1v) is 11.3. The Morgan fingerprint density at radius 2 is 1.69 bits per heavy atom. The molecule has 3 heterocycles. The summed E-state index contributed by atoms with van der Waals surface area (Å²) in [5.41, 5.74) is 0.377. The average molecular weight is 441 g/mol. The molecule has 1 aromatic carbocycles. The number of benzene rings is 1. The summed E-state index contributed by atoms with van der Waals surface area (Å²) in [6.45, 7) is 3.68. The van der Waals surface area contributed by atoms with Crippen molar-refractivity contribution in [2.24, 2.45) is 0 Å². The van der Waals surface area contributed by atoms with E-state index in [0.717, 1.165) is 38.9 Å². The number of nitrogens with one attached hydrogen (secondary N) is 1. The van der Waals surface area contributed by atoms with Crippen molar-refractivity contribution in [1.29, 1.82) is 0 Å². The zero-order valence-corrected chi connectivity index (χ0v) is 18.1. The first kappa shape index (κ1) is 22.2. The van der Waals surface area contributed by atoms with Gasteiger partial charge in [0.15, 0.2) is 0 Å². The van der Waals surface area contributed by atoms with Crippen LogP contribution < -0.4 is 10.9 Å². The molecule has 0 bridgehead atoms. The average Bonchev–Trinajstić information content (AvgIpc) is 3.30. The zero-order valence-electron chi connectivity index (χ0n) is 18.1. The summed E-state index contributed by atoms with van der Waals surface area (Å²) in [6.07, 6.45) is 6.90. The fraction of sp³-hybridized carbons (Fsp3) is 0.458. The van der Waals surface area contributed by atoms with E-state index in [0.29, 0.717) is 12.2 Å². The van der Waals surface area contributed by atoms with Gasteiger partial charge in [-0.2, -0.15) is 0 Å². The molecule has 8 heteroatoms. The summed E-state index contributed by atoms with van der Waals surface area (Å²) in [4.78, 5) is 42.4. The van der Waals surface area contributed by atoms with Gasteiger partial charge in [0, 0.05) is 37.1 Å². The number of pyridine rings is 1. The number of hydrogen-bond acceptors (Lipinski definition) is 4. The Morgan fingerprint density at radius 3 is 2.44 bits per heavy atom. The lowest BCUT2D eigenvalue weighted by Crippen LogP contribution is -2.50. The van der Waals surface area contributed by atoms with Crippen LogP contribution in [0.1, 0.15) is 42.5 Å². The van der Waals surface area contributed by atoms with Crippen LogP contribution in [0, 0.1) is 5.82 Å². The van der Waals surface area contributed by atoms with E-state index in [-0.39, 0.29) is 29.6 Å². The molecule has 1 N–H and O–H groups in total. The summed E-state index contributed by atoms with van der Waals surface area (Å²) in [6, 6.07) is 8.34. The number of nitrogens with zero attached hydrogens (tertiary/aromatic N) is 3. The maximum absolute atomic E-state index is 13.1. The lowest BCUT2D eigenvalue weighted by atomic mass is 10.0. The van der Waals surface area contributed by atoms with Crippen LogP contribution in [0.15, 0.2) is 47.4 Å². The number of hydrogen-bond donors (Lipinski definition) is 1. The second-order valence-electron chi connectivity index (χ2n) is 8.59. The summed E-state index contributed by atoms with van der Waals surface area (Å²) in [5.74, 6) is -0.911. The van der Waals surface area contributed by atoms with Crippen molar-refractivity contribution < 1.29 is 14.0 Å². The van der Waals surface area contributed by atoms with Crippen LogP contribution in [0.3, 0.4) is 0 Å². The topological polar surface area (TPSA) is 74.6 Å². The van der Waals surface area contributed by atoms with Gasteiger partial charge in [0.2, 0.25) is 5.91 Å². The van der Waals surface area contributed by atoms with Crippen molar-refractivity contribution in [1.82, 2.24) is 14.4 Å². The first-order chi connectivity index (χ1) is 15.5. The Hall–Kier alpha value is -3.00. The van der Waals surface area contributed by atoms with Gasteiger partial charge in [-0.1, -0.05) is 0 Å². The fourth-order valence-corrected chi connectivity index (χ4v) is 4.54. The van der Waals surface area contributed by atoms with E-state index in [2.05, 4.69) is 10.2 Å². The molecule has 0 spiro atoms. The highest BCUT2D eigenvalue weighted by atomic mass is 19.1. The predicted molar refractivity (Wildman–Crippen MR) is 120 cm³/mol. The van der Waals surface area contributed by atoms with Crippen LogP contribution in [-0.2, 0) is 11.3 Å². The molecule has 2 aliphatic rings. The minimum Gasteiger partial charge on any atom is -0.337 e. The van der Waals surface area contributed by atoms with Gasteiger partial charge in [-0.25, -0.2) is 4.39 Å². The Balaban J connectivity index is 1.44. The fourth-order valence-electron chi connectivity index (χ4n) is 4.54. The number of amides is 2. The molecule has 1 atom stereocenters. The highest BCUT2D eigenvalue weighted by molar-refractivity contribution is 6.04. The van der Waals surface area contributed by atoms with Gasteiger partial charge in [0.05, 0.1) is 5.56 Å². The van der Waals surface area contributed by atoms with Gasteiger partial charge in [-0.3, -0.25) is 14.4 Å². The molecule has 2 amide bonds. The second kappa shape index (κ2) is 10.1. The first-order valence-electron chi connectivity index (χ1n) is 11.3. The molecule has 2 fully saturated rings. The van der Waals surface area contributed by atoms with Gasteiger partial charge in [-0.05, 0) is 75.5 Å². The van der Waals surface area contributed by atoms with E-state index in [9.17, 15) is 18.8 Å². The third-order valence-electron chi connectivity index (χ3n) is 6.27. The number of aromatic nitrogens is 1. The van der Waals surface area contributed by atoms with E-state index in [1.807, 2.05) is 4.90 Å². The Morgan fingerprint density at radius 1 is 0.969 bits per heavy atom. The Labute approximate surface area is 186 Å². The van der Waals surface area contributed by atoms with Gasteiger partial charge in [0.25, 0.3) is 11.5 Å². The van der Waals surface area contributed by atoms with Crippen molar-refractivity contribution in [3.8, 4) is 0 Å². The molecule has 4 rings (SSSR count). The molecule has 170 valence electrons. The summed E-state index contributed by atoms with van der Waals surface area (Å²) >= 11 is 0. The number of anilines is 1. The predicted octanol–water partition coefficient (Wildman–Crippen LogP) is 2.72. The Bertz CT molecular complexity index is 1010. The molecular weight excluding hydrogens is 411 g/mol. The number of rotatable bonds is 6. The molecule has 32 heavy (non-hydrogen) atoms. The monoisotopic (exact) mass is 440 g/mol. The van der Waals surface area contributed by atoms with Crippen molar-refractivity contribution in [3.63, 3.8) is 0 Å². The molecule has 7 nitrogen and oxygen atoms in total. The van der Waals surface area contributed by atoms with E-state index in [1.54, 1.807) is 0 Å². The van der Waals surface area contributed by atoms with Crippen molar-refractivity contribution >= 4 is 17.5 Å².